The lowest BCUT2D eigenvalue weighted by Crippen LogP contribution is -2.38. The monoisotopic (exact) mass is 345 g/mol. The fourth-order valence-electron chi connectivity index (χ4n) is 3.12. The molecule has 2 amide bonds. The molecule has 1 aliphatic heterocycles. The number of likely N-dealkylation sites (tertiary alicyclic amines) is 1. The molecule has 0 saturated carbocycles. The number of nitrogens with zero attached hydrogens (tertiary/aromatic N) is 2. The first-order valence-electron chi connectivity index (χ1n) is 9.32. The number of amides is 2. The van der Waals surface area contributed by atoms with Crippen LogP contribution in [0.2, 0.25) is 0 Å². The van der Waals surface area contributed by atoms with E-state index >= 15 is 0 Å². The summed E-state index contributed by atoms with van der Waals surface area (Å²) < 4.78 is 0. The van der Waals surface area contributed by atoms with Crippen LogP contribution in [0.15, 0.2) is 18.2 Å². The largest absolute Gasteiger partial charge is 0.377 e. The summed E-state index contributed by atoms with van der Waals surface area (Å²) in [6.45, 7) is 5.91. The van der Waals surface area contributed by atoms with Crippen LogP contribution in [0.25, 0.3) is 0 Å². The van der Waals surface area contributed by atoms with Crippen molar-refractivity contribution in [1.82, 2.24) is 4.90 Å². The maximum atomic E-state index is 13.0. The number of rotatable bonds is 6. The number of nitrogens with one attached hydrogen (secondary N) is 1. The van der Waals surface area contributed by atoms with Crippen LogP contribution in [0.5, 0.6) is 0 Å². The van der Waals surface area contributed by atoms with E-state index in [1.54, 1.807) is 0 Å². The van der Waals surface area contributed by atoms with Crippen molar-refractivity contribution in [2.75, 3.05) is 37.4 Å². The van der Waals surface area contributed by atoms with E-state index in [9.17, 15) is 9.59 Å². The number of hydrogen-bond acceptors (Lipinski definition) is 3. The van der Waals surface area contributed by atoms with Gasteiger partial charge in [-0.1, -0.05) is 20.3 Å². The standard InChI is InChI=1S/C20H31N3O2/c1-5-6-7-19(24)21-16-8-9-18(22(3)4)17(14-16)20(25)23-12-10-15(2)11-13-23/h8-9,14-15H,5-7,10-13H2,1-4H3,(H,21,24). The predicted octanol–water partition coefficient (Wildman–Crippen LogP) is 3.75. The molecule has 25 heavy (non-hydrogen) atoms. The average Bonchev–Trinajstić information content (AvgIpc) is 2.59. The van der Waals surface area contributed by atoms with Crippen LogP contribution in [0.3, 0.4) is 0 Å². The minimum Gasteiger partial charge on any atom is -0.377 e. The van der Waals surface area contributed by atoms with E-state index in [2.05, 4.69) is 19.2 Å². The Morgan fingerprint density at radius 2 is 1.92 bits per heavy atom. The van der Waals surface area contributed by atoms with E-state index in [4.69, 9.17) is 0 Å². The number of hydrogen-bond donors (Lipinski definition) is 1. The molecule has 0 atom stereocenters. The topological polar surface area (TPSA) is 52.7 Å². The van der Waals surface area contributed by atoms with Crippen molar-refractivity contribution in [2.24, 2.45) is 5.92 Å². The molecule has 1 aliphatic rings. The molecule has 1 heterocycles. The van der Waals surface area contributed by atoms with E-state index in [0.717, 1.165) is 44.5 Å². The first-order chi connectivity index (χ1) is 11.9. The Morgan fingerprint density at radius 1 is 1.24 bits per heavy atom. The molecule has 2 rings (SSSR count). The Bertz CT molecular complexity index is 605. The summed E-state index contributed by atoms with van der Waals surface area (Å²) >= 11 is 0. The highest BCUT2D eigenvalue weighted by Gasteiger charge is 2.24. The van der Waals surface area contributed by atoms with Crippen molar-refractivity contribution < 1.29 is 9.59 Å². The molecule has 1 aromatic carbocycles. The number of piperidine rings is 1. The number of carbonyl (C=O) groups excluding carboxylic acids is 2. The summed E-state index contributed by atoms with van der Waals surface area (Å²) in [5, 5.41) is 2.92. The fourth-order valence-corrected chi connectivity index (χ4v) is 3.12. The third-order valence-electron chi connectivity index (χ3n) is 4.82. The average molecular weight is 345 g/mol. The molecular weight excluding hydrogens is 314 g/mol. The molecule has 1 saturated heterocycles. The lowest BCUT2D eigenvalue weighted by Gasteiger charge is -2.31. The second-order valence-electron chi connectivity index (χ2n) is 7.25. The maximum Gasteiger partial charge on any atom is 0.256 e. The summed E-state index contributed by atoms with van der Waals surface area (Å²) in [6.07, 6.45) is 4.48. The molecule has 5 heteroatoms. The van der Waals surface area contributed by atoms with E-state index < -0.39 is 0 Å². The third kappa shape index (κ3) is 5.21. The van der Waals surface area contributed by atoms with Gasteiger partial charge < -0.3 is 15.1 Å². The van der Waals surface area contributed by atoms with Crippen LogP contribution in [0, 0.1) is 5.92 Å². The van der Waals surface area contributed by atoms with Gasteiger partial charge in [-0.2, -0.15) is 0 Å². The summed E-state index contributed by atoms with van der Waals surface area (Å²) in [5.74, 6) is 0.742. The minimum atomic E-state index is 0.00430. The fraction of sp³-hybridized carbons (Fsp3) is 0.600. The molecule has 1 N–H and O–H groups in total. The first-order valence-corrected chi connectivity index (χ1v) is 9.32. The molecule has 0 radical (unpaired) electrons. The summed E-state index contributed by atoms with van der Waals surface area (Å²) in [7, 11) is 3.87. The van der Waals surface area contributed by atoms with Crippen LogP contribution in [-0.2, 0) is 4.79 Å². The quantitative estimate of drug-likeness (QED) is 0.854. The lowest BCUT2D eigenvalue weighted by atomic mass is 9.98. The zero-order chi connectivity index (χ0) is 18.4. The second kappa shape index (κ2) is 8.88. The molecule has 1 aromatic rings. The van der Waals surface area contributed by atoms with E-state index in [1.807, 2.05) is 42.1 Å². The molecule has 1 fully saturated rings. The first kappa shape index (κ1) is 19.3. The molecule has 138 valence electrons. The molecule has 5 nitrogen and oxygen atoms in total. The van der Waals surface area contributed by atoms with Gasteiger partial charge in [0.1, 0.15) is 0 Å². The van der Waals surface area contributed by atoms with Crippen LogP contribution in [0.1, 0.15) is 56.3 Å². The summed E-state index contributed by atoms with van der Waals surface area (Å²) in [5.41, 5.74) is 2.24. The van der Waals surface area contributed by atoms with Crippen molar-refractivity contribution in [3.63, 3.8) is 0 Å². The lowest BCUT2D eigenvalue weighted by molar-refractivity contribution is -0.116. The van der Waals surface area contributed by atoms with Gasteiger partial charge in [0.2, 0.25) is 5.91 Å². The Kier molecular flexibility index (Phi) is 6.85. The molecule has 0 spiro atoms. The van der Waals surface area contributed by atoms with Crippen LogP contribution in [0.4, 0.5) is 11.4 Å². The summed E-state index contributed by atoms with van der Waals surface area (Å²) in [6, 6.07) is 5.60. The number of carbonyl (C=O) groups is 2. The highest BCUT2D eigenvalue weighted by atomic mass is 16.2. The molecule has 0 unspecified atom stereocenters. The predicted molar refractivity (Wildman–Crippen MR) is 103 cm³/mol. The van der Waals surface area contributed by atoms with E-state index in [-0.39, 0.29) is 11.8 Å². The van der Waals surface area contributed by atoms with Gasteiger partial charge >= 0.3 is 0 Å². The van der Waals surface area contributed by atoms with Gasteiger partial charge in [-0.15, -0.1) is 0 Å². The van der Waals surface area contributed by atoms with Gasteiger partial charge in [-0.3, -0.25) is 9.59 Å². The van der Waals surface area contributed by atoms with Crippen LogP contribution >= 0.6 is 0 Å². The normalized spacial score (nSPS) is 15.1. The van der Waals surface area contributed by atoms with E-state index in [1.165, 1.54) is 0 Å². The molecule has 0 aromatic heterocycles. The zero-order valence-corrected chi connectivity index (χ0v) is 16.0. The van der Waals surface area contributed by atoms with Crippen molar-refractivity contribution in [1.29, 1.82) is 0 Å². The van der Waals surface area contributed by atoms with Gasteiger partial charge in [-0.25, -0.2) is 0 Å². The summed E-state index contributed by atoms with van der Waals surface area (Å²) in [4.78, 5) is 28.9. The van der Waals surface area contributed by atoms with Gasteiger partial charge in [0.25, 0.3) is 5.91 Å². The van der Waals surface area contributed by atoms with Gasteiger partial charge in [0.15, 0.2) is 0 Å². The van der Waals surface area contributed by atoms with Gasteiger partial charge in [0, 0.05) is 45.0 Å². The van der Waals surface area contributed by atoms with Gasteiger partial charge in [-0.05, 0) is 43.4 Å². The molecule has 0 aliphatic carbocycles. The Labute approximate surface area is 151 Å². The third-order valence-corrected chi connectivity index (χ3v) is 4.82. The minimum absolute atomic E-state index is 0.00430. The second-order valence-corrected chi connectivity index (χ2v) is 7.25. The van der Waals surface area contributed by atoms with Crippen molar-refractivity contribution in [3.05, 3.63) is 23.8 Å². The van der Waals surface area contributed by atoms with Crippen LogP contribution < -0.4 is 10.2 Å². The highest BCUT2D eigenvalue weighted by molar-refractivity contribution is 6.02. The van der Waals surface area contributed by atoms with Crippen molar-refractivity contribution in [2.45, 2.75) is 46.0 Å². The Balaban J connectivity index is 2.19. The SMILES string of the molecule is CCCCC(=O)Nc1ccc(N(C)C)c(C(=O)N2CCC(C)CC2)c1. The number of anilines is 2. The van der Waals surface area contributed by atoms with Gasteiger partial charge in [0.05, 0.1) is 5.56 Å². The Morgan fingerprint density at radius 3 is 2.52 bits per heavy atom. The smallest absolute Gasteiger partial charge is 0.256 e. The highest BCUT2D eigenvalue weighted by Crippen LogP contribution is 2.26. The Hall–Kier alpha value is -2.04. The molecule has 0 bridgehead atoms. The van der Waals surface area contributed by atoms with Crippen LogP contribution in [-0.4, -0.2) is 43.9 Å². The zero-order valence-electron chi connectivity index (χ0n) is 16.0. The number of unbranched alkanes of at least 4 members (excludes halogenated alkanes) is 1. The molecular formula is C20H31N3O2. The maximum absolute atomic E-state index is 13.0. The number of benzene rings is 1. The van der Waals surface area contributed by atoms with Crippen molar-refractivity contribution >= 4 is 23.2 Å². The van der Waals surface area contributed by atoms with Crippen molar-refractivity contribution in [3.8, 4) is 0 Å². The van der Waals surface area contributed by atoms with E-state index in [0.29, 0.717) is 23.6 Å².